The predicted molar refractivity (Wildman–Crippen MR) is 149 cm³/mol. The number of hydrogen-bond acceptors (Lipinski definition) is 5. The van der Waals surface area contributed by atoms with Gasteiger partial charge in [-0.05, 0) is 73.0 Å². The average Bonchev–Trinajstić information content (AvgIpc) is 3.16. The lowest BCUT2D eigenvalue weighted by Gasteiger charge is -2.19. The Bertz CT molecular complexity index is 1320. The lowest BCUT2D eigenvalue weighted by molar-refractivity contribution is -0.113. The van der Waals surface area contributed by atoms with Crippen LogP contribution in [0.5, 0.6) is 11.5 Å². The standard InChI is InChI=1S/C28H27BrN2O3S/c1-4-18-11-7-9-13-22(18)30-28-31(23-14-10-8-12-19(23)5-2)27(33)25(35-28)16-20-15-21(29)17-24(26(20)32)34-6-3/h7-17,32H,4-6H2,1-3H3. The van der Waals surface area contributed by atoms with Gasteiger partial charge in [0, 0.05) is 10.0 Å². The molecule has 1 saturated heterocycles. The zero-order chi connectivity index (χ0) is 24.9. The van der Waals surface area contributed by atoms with E-state index in [2.05, 4.69) is 35.8 Å². The summed E-state index contributed by atoms with van der Waals surface area (Å²) in [5.74, 6) is 0.183. The number of hydrogen-bond donors (Lipinski definition) is 1. The average molecular weight is 552 g/mol. The molecule has 7 heteroatoms. The molecule has 0 aromatic heterocycles. The third kappa shape index (κ3) is 5.31. The minimum atomic E-state index is -0.180. The number of halogens is 1. The molecular weight excluding hydrogens is 524 g/mol. The number of carbonyl (C=O) groups is 1. The maximum atomic E-state index is 13.8. The highest BCUT2D eigenvalue weighted by Gasteiger charge is 2.36. The normalized spacial score (nSPS) is 15.9. The number of ether oxygens (including phenoxy) is 1. The van der Waals surface area contributed by atoms with Crippen LogP contribution in [0, 0.1) is 0 Å². The number of carbonyl (C=O) groups excluding carboxylic acids is 1. The summed E-state index contributed by atoms with van der Waals surface area (Å²) in [6, 6.07) is 19.3. The quantitative estimate of drug-likeness (QED) is 0.309. The second-order valence-corrected chi connectivity index (χ2v) is 9.81. The summed E-state index contributed by atoms with van der Waals surface area (Å²) < 4.78 is 6.31. The summed E-state index contributed by atoms with van der Waals surface area (Å²) in [5, 5.41) is 11.4. The molecule has 1 amide bonds. The van der Waals surface area contributed by atoms with Gasteiger partial charge in [0.2, 0.25) is 0 Å². The number of thioether (sulfide) groups is 1. The molecule has 1 aliphatic heterocycles. The fourth-order valence-electron chi connectivity index (χ4n) is 3.92. The molecule has 1 fully saturated rings. The van der Waals surface area contributed by atoms with Crippen molar-refractivity contribution in [2.45, 2.75) is 33.6 Å². The van der Waals surface area contributed by atoms with Crippen LogP contribution in [-0.2, 0) is 17.6 Å². The van der Waals surface area contributed by atoms with Gasteiger partial charge in [-0.25, -0.2) is 4.99 Å². The van der Waals surface area contributed by atoms with Crippen molar-refractivity contribution in [3.05, 3.63) is 86.7 Å². The molecule has 3 aromatic carbocycles. The Balaban J connectivity index is 1.86. The summed E-state index contributed by atoms with van der Waals surface area (Å²) in [7, 11) is 0. The first-order chi connectivity index (χ1) is 17.0. The van der Waals surface area contributed by atoms with Gasteiger partial charge in [0.25, 0.3) is 5.91 Å². The Morgan fingerprint density at radius 2 is 1.71 bits per heavy atom. The number of aryl methyl sites for hydroxylation is 2. The molecule has 3 aromatic rings. The van der Waals surface area contributed by atoms with Crippen LogP contribution >= 0.6 is 27.7 Å². The lowest BCUT2D eigenvalue weighted by Crippen LogP contribution is -2.29. The van der Waals surface area contributed by atoms with E-state index < -0.39 is 0 Å². The molecule has 1 N–H and O–H groups in total. The Kier molecular flexibility index (Phi) is 7.98. The molecule has 1 aliphatic rings. The van der Waals surface area contributed by atoms with Crippen LogP contribution in [0.25, 0.3) is 6.08 Å². The topological polar surface area (TPSA) is 62.1 Å². The van der Waals surface area contributed by atoms with Crippen LogP contribution in [0.4, 0.5) is 11.4 Å². The summed E-state index contributed by atoms with van der Waals surface area (Å²) in [6.07, 6.45) is 3.32. The van der Waals surface area contributed by atoms with Gasteiger partial charge in [0.05, 0.1) is 22.9 Å². The molecule has 0 saturated carbocycles. The smallest absolute Gasteiger partial charge is 0.271 e. The van der Waals surface area contributed by atoms with E-state index in [1.54, 1.807) is 23.1 Å². The Morgan fingerprint density at radius 1 is 1.03 bits per heavy atom. The molecule has 4 rings (SSSR count). The Labute approximate surface area is 218 Å². The van der Waals surface area contributed by atoms with Gasteiger partial charge < -0.3 is 9.84 Å². The molecule has 1 heterocycles. The molecule has 35 heavy (non-hydrogen) atoms. The highest BCUT2D eigenvalue weighted by Crippen LogP contribution is 2.42. The maximum absolute atomic E-state index is 13.8. The van der Waals surface area contributed by atoms with Gasteiger partial charge in [-0.1, -0.05) is 66.2 Å². The number of anilines is 1. The van der Waals surface area contributed by atoms with E-state index >= 15 is 0 Å². The number of amidine groups is 1. The van der Waals surface area contributed by atoms with Gasteiger partial charge in [0.15, 0.2) is 16.7 Å². The largest absolute Gasteiger partial charge is 0.504 e. The van der Waals surface area contributed by atoms with Crippen LogP contribution in [0.3, 0.4) is 0 Å². The van der Waals surface area contributed by atoms with E-state index in [4.69, 9.17) is 9.73 Å². The maximum Gasteiger partial charge on any atom is 0.271 e. The van der Waals surface area contributed by atoms with E-state index in [0.29, 0.717) is 28.0 Å². The van der Waals surface area contributed by atoms with E-state index in [-0.39, 0.29) is 11.7 Å². The number of benzene rings is 3. The number of phenolic OH excluding ortho intramolecular Hbond substituents is 1. The second-order valence-electron chi connectivity index (χ2n) is 7.88. The lowest BCUT2D eigenvalue weighted by atomic mass is 10.1. The first-order valence-corrected chi connectivity index (χ1v) is 13.2. The number of aromatic hydroxyl groups is 1. The molecular formula is C28H27BrN2O3S. The first kappa shape index (κ1) is 25.1. The van der Waals surface area contributed by atoms with E-state index in [9.17, 15) is 9.90 Å². The van der Waals surface area contributed by atoms with Crippen LogP contribution in [-0.4, -0.2) is 22.8 Å². The zero-order valence-electron chi connectivity index (χ0n) is 19.9. The fraction of sp³-hybridized carbons (Fsp3) is 0.214. The van der Waals surface area contributed by atoms with E-state index in [1.807, 2.05) is 49.4 Å². The van der Waals surface area contributed by atoms with Gasteiger partial charge in [-0.3, -0.25) is 9.69 Å². The molecule has 0 atom stereocenters. The van der Waals surface area contributed by atoms with Crippen molar-refractivity contribution >= 4 is 56.2 Å². The summed E-state index contributed by atoms with van der Waals surface area (Å²) >= 11 is 4.78. The monoisotopic (exact) mass is 550 g/mol. The summed E-state index contributed by atoms with van der Waals surface area (Å²) in [5.41, 5.74) is 4.33. The van der Waals surface area contributed by atoms with Crippen molar-refractivity contribution < 1.29 is 14.6 Å². The number of phenols is 1. The molecule has 0 bridgehead atoms. The molecule has 180 valence electrons. The van der Waals surface area contributed by atoms with Crippen molar-refractivity contribution in [1.82, 2.24) is 0 Å². The number of amides is 1. The molecule has 0 radical (unpaired) electrons. The molecule has 0 spiro atoms. The first-order valence-electron chi connectivity index (χ1n) is 11.6. The minimum absolute atomic E-state index is 0.00169. The summed E-state index contributed by atoms with van der Waals surface area (Å²) in [6.45, 7) is 6.44. The van der Waals surface area contributed by atoms with Crippen LogP contribution < -0.4 is 9.64 Å². The third-order valence-corrected chi connectivity index (χ3v) is 7.09. The number of para-hydroxylation sites is 2. The number of nitrogens with zero attached hydrogens (tertiary/aromatic N) is 2. The van der Waals surface area contributed by atoms with Crippen LogP contribution in [0.15, 0.2) is 75.0 Å². The summed E-state index contributed by atoms with van der Waals surface area (Å²) in [4.78, 5) is 20.9. The SMILES string of the molecule is CCOc1cc(Br)cc(C=C2SC(=Nc3ccccc3CC)N(c3ccccc3CC)C2=O)c1O. The highest BCUT2D eigenvalue weighted by molar-refractivity contribution is 9.10. The van der Waals surface area contributed by atoms with Crippen molar-refractivity contribution in [2.24, 2.45) is 4.99 Å². The zero-order valence-corrected chi connectivity index (χ0v) is 22.3. The van der Waals surface area contributed by atoms with Crippen LogP contribution in [0.2, 0.25) is 0 Å². The van der Waals surface area contributed by atoms with Crippen molar-refractivity contribution in [1.29, 1.82) is 0 Å². The Hall–Kier alpha value is -3.03. The van der Waals surface area contributed by atoms with Gasteiger partial charge in [-0.2, -0.15) is 0 Å². The molecule has 5 nitrogen and oxygen atoms in total. The number of rotatable bonds is 7. The van der Waals surface area contributed by atoms with Gasteiger partial charge in [0.1, 0.15) is 0 Å². The molecule has 0 aliphatic carbocycles. The molecule has 0 unspecified atom stereocenters. The van der Waals surface area contributed by atoms with Crippen molar-refractivity contribution in [3.8, 4) is 11.5 Å². The predicted octanol–water partition coefficient (Wildman–Crippen LogP) is 7.49. The highest BCUT2D eigenvalue weighted by atomic mass is 79.9. The van der Waals surface area contributed by atoms with Gasteiger partial charge >= 0.3 is 0 Å². The van der Waals surface area contributed by atoms with Gasteiger partial charge in [-0.15, -0.1) is 0 Å². The minimum Gasteiger partial charge on any atom is -0.504 e. The van der Waals surface area contributed by atoms with Crippen molar-refractivity contribution in [3.63, 3.8) is 0 Å². The van der Waals surface area contributed by atoms with Crippen molar-refractivity contribution in [2.75, 3.05) is 11.5 Å². The van der Waals surface area contributed by atoms with E-state index in [1.165, 1.54) is 11.8 Å². The van der Waals surface area contributed by atoms with E-state index in [0.717, 1.165) is 39.8 Å². The number of aliphatic imine (C=N–C) groups is 1. The third-order valence-electron chi connectivity index (χ3n) is 5.66. The second kappa shape index (κ2) is 11.1. The Morgan fingerprint density at radius 3 is 2.43 bits per heavy atom. The fourth-order valence-corrected chi connectivity index (χ4v) is 5.35. The van der Waals surface area contributed by atoms with Crippen LogP contribution in [0.1, 0.15) is 37.5 Å².